The van der Waals surface area contributed by atoms with E-state index in [9.17, 15) is 4.79 Å². The van der Waals surface area contributed by atoms with Crippen molar-refractivity contribution in [2.45, 2.75) is 25.5 Å². The van der Waals surface area contributed by atoms with Gasteiger partial charge in [-0.15, -0.1) is 0 Å². The molecule has 1 amide bonds. The number of hydrogen-bond acceptors (Lipinski definition) is 5. The average molecular weight is 298 g/mol. The molecular formula is C16H18N4O2. The number of ether oxygens (including phenoxy) is 1. The first kappa shape index (κ1) is 14.5. The van der Waals surface area contributed by atoms with Crippen LogP contribution in [0.25, 0.3) is 0 Å². The van der Waals surface area contributed by atoms with E-state index in [2.05, 4.69) is 20.6 Å². The molecule has 2 N–H and O–H groups in total. The number of carbonyl (C=O) groups is 1. The first-order valence-corrected chi connectivity index (χ1v) is 7.32. The third-order valence-corrected chi connectivity index (χ3v) is 3.48. The Hall–Kier alpha value is -2.47. The molecule has 1 aliphatic rings. The molecule has 1 unspecified atom stereocenters. The fraction of sp³-hybridized carbons (Fsp3) is 0.312. The first-order chi connectivity index (χ1) is 10.8. The largest absolute Gasteiger partial charge is 0.368 e. The van der Waals surface area contributed by atoms with Gasteiger partial charge in [0.15, 0.2) is 0 Å². The van der Waals surface area contributed by atoms with Crippen LogP contribution in [-0.4, -0.2) is 28.6 Å². The Bertz CT molecular complexity index is 610. The summed E-state index contributed by atoms with van der Waals surface area (Å²) in [5.41, 5.74) is 1.81. The molecule has 0 saturated carbocycles. The molecule has 1 fully saturated rings. The highest BCUT2D eigenvalue weighted by Gasteiger charge is 2.23. The smallest absolute Gasteiger partial charge is 0.253 e. The molecule has 3 rings (SSSR count). The van der Waals surface area contributed by atoms with E-state index in [4.69, 9.17) is 4.74 Å². The fourth-order valence-electron chi connectivity index (χ4n) is 2.27. The maximum Gasteiger partial charge on any atom is 0.253 e. The van der Waals surface area contributed by atoms with Gasteiger partial charge in [-0.3, -0.25) is 9.78 Å². The van der Waals surface area contributed by atoms with Gasteiger partial charge in [0.25, 0.3) is 5.91 Å². The minimum Gasteiger partial charge on any atom is -0.368 e. The number of nitrogens with zero attached hydrogens (tertiary/aromatic N) is 2. The second-order valence-electron chi connectivity index (χ2n) is 5.13. The Morgan fingerprint density at radius 3 is 2.82 bits per heavy atom. The van der Waals surface area contributed by atoms with Gasteiger partial charge in [-0.2, -0.15) is 0 Å². The molecule has 2 aromatic rings. The van der Waals surface area contributed by atoms with Crippen molar-refractivity contribution >= 4 is 17.4 Å². The van der Waals surface area contributed by atoms with Crippen molar-refractivity contribution in [2.24, 2.45) is 0 Å². The second-order valence-corrected chi connectivity index (χ2v) is 5.13. The maximum atomic E-state index is 11.9. The van der Waals surface area contributed by atoms with Crippen LogP contribution < -0.4 is 10.6 Å². The molecule has 114 valence electrons. The van der Waals surface area contributed by atoms with Gasteiger partial charge in [0.2, 0.25) is 0 Å². The number of rotatable bonds is 5. The Kier molecular flexibility index (Phi) is 4.60. The van der Waals surface area contributed by atoms with Crippen LogP contribution >= 0.6 is 0 Å². The van der Waals surface area contributed by atoms with Gasteiger partial charge in [0.05, 0.1) is 11.9 Å². The zero-order chi connectivity index (χ0) is 15.2. The molecular weight excluding hydrogens is 280 g/mol. The van der Waals surface area contributed by atoms with Crippen LogP contribution in [0.1, 0.15) is 18.4 Å². The van der Waals surface area contributed by atoms with Gasteiger partial charge in [0, 0.05) is 25.5 Å². The lowest BCUT2D eigenvalue weighted by molar-refractivity contribution is -0.124. The molecule has 0 spiro atoms. The van der Waals surface area contributed by atoms with Crippen LogP contribution in [0.2, 0.25) is 0 Å². The summed E-state index contributed by atoms with van der Waals surface area (Å²) in [5.74, 6) is 0.656. The van der Waals surface area contributed by atoms with E-state index in [1.807, 2.05) is 24.3 Å². The summed E-state index contributed by atoms with van der Waals surface area (Å²) in [6.45, 7) is 1.34. The van der Waals surface area contributed by atoms with Gasteiger partial charge in [-0.05, 0) is 42.7 Å². The van der Waals surface area contributed by atoms with Crippen molar-refractivity contribution in [1.29, 1.82) is 0 Å². The molecule has 22 heavy (non-hydrogen) atoms. The highest BCUT2D eigenvalue weighted by molar-refractivity contribution is 5.94. The summed E-state index contributed by atoms with van der Waals surface area (Å²) in [4.78, 5) is 20.2. The van der Waals surface area contributed by atoms with E-state index < -0.39 is 0 Å². The summed E-state index contributed by atoms with van der Waals surface area (Å²) >= 11 is 0. The van der Waals surface area contributed by atoms with E-state index in [1.165, 1.54) is 0 Å². The molecule has 2 aromatic heterocycles. The normalized spacial score (nSPS) is 17.2. The topological polar surface area (TPSA) is 76.1 Å². The summed E-state index contributed by atoms with van der Waals surface area (Å²) in [6, 6.07) is 7.56. The van der Waals surface area contributed by atoms with Gasteiger partial charge in [-0.25, -0.2) is 4.98 Å². The van der Waals surface area contributed by atoms with E-state index in [-0.39, 0.29) is 12.0 Å². The van der Waals surface area contributed by atoms with Gasteiger partial charge >= 0.3 is 0 Å². The Balaban J connectivity index is 1.52. The molecule has 0 aliphatic carbocycles. The van der Waals surface area contributed by atoms with Crippen molar-refractivity contribution in [3.05, 3.63) is 48.4 Å². The highest BCUT2D eigenvalue weighted by atomic mass is 16.5. The lowest BCUT2D eigenvalue weighted by atomic mass is 10.2. The third kappa shape index (κ3) is 3.79. The predicted molar refractivity (Wildman–Crippen MR) is 83.4 cm³/mol. The van der Waals surface area contributed by atoms with Crippen LogP contribution in [0.5, 0.6) is 0 Å². The van der Waals surface area contributed by atoms with Crippen molar-refractivity contribution in [3.8, 4) is 0 Å². The van der Waals surface area contributed by atoms with Gasteiger partial charge in [-0.1, -0.05) is 0 Å². The fourth-order valence-corrected chi connectivity index (χ4v) is 2.27. The van der Waals surface area contributed by atoms with Crippen LogP contribution in [-0.2, 0) is 16.1 Å². The number of anilines is 2. The predicted octanol–water partition coefficient (Wildman–Crippen LogP) is 2.21. The van der Waals surface area contributed by atoms with E-state index >= 15 is 0 Å². The van der Waals surface area contributed by atoms with Gasteiger partial charge < -0.3 is 15.4 Å². The number of hydrogen-bond donors (Lipinski definition) is 2. The number of nitrogens with one attached hydrogen (secondary N) is 2. The lowest BCUT2D eigenvalue weighted by Gasteiger charge is -2.11. The summed E-state index contributed by atoms with van der Waals surface area (Å²) in [6.07, 6.45) is 6.55. The summed E-state index contributed by atoms with van der Waals surface area (Å²) in [7, 11) is 0. The zero-order valence-electron chi connectivity index (χ0n) is 12.2. The first-order valence-electron chi connectivity index (χ1n) is 7.32. The molecule has 3 heterocycles. The zero-order valence-corrected chi connectivity index (χ0v) is 12.2. The molecule has 0 radical (unpaired) electrons. The number of amides is 1. The molecule has 0 aromatic carbocycles. The van der Waals surface area contributed by atoms with Crippen molar-refractivity contribution in [3.63, 3.8) is 0 Å². The highest BCUT2D eigenvalue weighted by Crippen LogP contribution is 2.16. The van der Waals surface area contributed by atoms with E-state index in [0.717, 1.165) is 24.2 Å². The Morgan fingerprint density at radius 2 is 2.14 bits per heavy atom. The SMILES string of the molecule is O=C(Nc1ccc(NCc2ccncc2)nc1)C1CCCO1. The number of aromatic nitrogens is 2. The quantitative estimate of drug-likeness (QED) is 0.885. The molecule has 6 nitrogen and oxygen atoms in total. The standard InChI is InChI=1S/C16H18N4O2/c21-16(14-2-1-9-22-14)20-13-3-4-15(19-11-13)18-10-12-5-7-17-8-6-12/h3-8,11,14H,1-2,9-10H2,(H,18,19)(H,20,21). The second kappa shape index (κ2) is 7.00. The van der Waals surface area contributed by atoms with Crippen LogP contribution in [0.4, 0.5) is 11.5 Å². The molecule has 6 heteroatoms. The van der Waals surface area contributed by atoms with E-state index in [1.54, 1.807) is 18.6 Å². The van der Waals surface area contributed by atoms with Crippen LogP contribution in [0, 0.1) is 0 Å². The van der Waals surface area contributed by atoms with Crippen LogP contribution in [0.3, 0.4) is 0 Å². The van der Waals surface area contributed by atoms with Crippen molar-refractivity contribution in [1.82, 2.24) is 9.97 Å². The maximum absolute atomic E-state index is 11.9. The summed E-state index contributed by atoms with van der Waals surface area (Å²) in [5, 5.41) is 6.04. The number of pyridine rings is 2. The Morgan fingerprint density at radius 1 is 1.27 bits per heavy atom. The summed E-state index contributed by atoms with van der Waals surface area (Å²) < 4.78 is 5.35. The minimum absolute atomic E-state index is 0.100. The number of carbonyl (C=O) groups excluding carboxylic acids is 1. The Labute approximate surface area is 128 Å². The van der Waals surface area contributed by atoms with Crippen LogP contribution in [0.15, 0.2) is 42.9 Å². The average Bonchev–Trinajstić information content (AvgIpc) is 3.10. The minimum atomic E-state index is -0.329. The third-order valence-electron chi connectivity index (χ3n) is 3.48. The molecule has 1 atom stereocenters. The monoisotopic (exact) mass is 298 g/mol. The van der Waals surface area contributed by atoms with Gasteiger partial charge in [0.1, 0.15) is 11.9 Å². The molecule has 1 saturated heterocycles. The van der Waals surface area contributed by atoms with E-state index in [0.29, 0.717) is 18.8 Å². The molecule has 1 aliphatic heterocycles. The van der Waals surface area contributed by atoms with Crippen molar-refractivity contribution < 1.29 is 9.53 Å². The van der Waals surface area contributed by atoms with Crippen molar-refractivity contribution in [2.75, 3.05) is 17.2 Å². The lowest BCUT2D eigenvalue weighted by Crippen LogP contribution is -2.26. The molecule has 0 bridgehead atoms.